The van der Waals surface area contributed by atoms with Crippen LogP contribution in [0.3, 0.4) is 0 Å². The highest BCUT2D eigenvalue weighted by molar-refractivity contribution is 7.03. The zero-order valence-corrected chi connectivity index (χ0v) is 13.6. The summed E-state index contributed by atoms with van der Waals surface area (Å²) in [6.07, 6.45) is 7.26. The number of β-amino-alcohol motifs (C(OH)–C–C–N with tert-alkyl or cyclic N) is 1. The van der Waals surface area contributed by atoms with Crippen molar-refractivity contribution < 1.29 is 9.90 Å². The van der Waals surface area contributed by atoms with Crippen molar-refractivity contribution in [2.24, 2.45) is 0 Å². The van der Waals surface area contributed by atoms with E-state index in [1.807, 2.05) is 0 Å². The fraction of sp³-hybridized carbons (Fsp3) is 0.800. The first-order chi connectivity index (χ1) is 10.6. The van der Waals surface area contributed by atoms with Gasteiger partial charge >= 0.3 is 0 Å². The molecule has 0 bridgehead atoms. The molecule has 1 aliphatic carbocycles. The van der Waals surface area contributed by atoms with Gasteiger partial charge in [-0.1, -0.05) is 23.8 Å². The minimum atomic E-state index is -0.486. The van der Waals surface area contributed by atoms with E-state index in [1.165, 1.54) is 18.0 Å². The van der Waals surface area contributed by atoms with E-state index in [-0.39, 0.29) is 11.9 Å². The zero-order chi connectivity index (χ0) is 15.4. The molecule has 1 amide bonds. The maximum absolute atomic E-state index is 12.0. The Morgan fingerprint density at radius 3 is 2.73 bits per heavy atom. The molecule has 7 heteroatoms. The third-order valence-electron chi connectivity index (χ3n) is 4.82. The van der Waals surface area contributed by atoms with Crippen molar-refractivity contribution in [3.63, 3.8) is 0 Å². The lowest BCUT2D eigenvalue weighted by Crippen LogP contribution is -2.50. The van der Waals surface area contributed by atoms with Gasteiger partial charge in [-0.3, -0.25) is 4.79 Å². The SMILES string of the molecule is O=C(NC1CCN(CC2(O)CCCCC2)CC1)c1csnn1. The molecule has 2 N–H and O–H groups in total. The number of piperidine rings is 1. The van der Waals surface area contributed by atoms with Crippen molar-refractivity contribution in [2.75, 3.05) is 19.6 Å². The highest BCUT2D eigenvalue weighted by Crippen LogP contribution is 2.29. The molecular formula is C15H24N4O2S. The molecular weight excluding hydrogens is 300 g/mol. The first kappa shape index (κ1) is 15.8. The lowest BCUT2D eigenvalue weighted by atomic mass is 9.84. The number of aliphatic hydroxyl groups is 1. The van der Waals surface area contributed by atoms with Crippen LogP contribution in [0.4, 0.5) is 0 Å². The van der Waals surface area contributed by atoms with Crippen molar-refractivity contribution in [2.45, 2.75) is 56.6 Å². The van der Waals surface area contributed by atoms with Crippen molar-refractivity contribution in [3.05, 3.63) is 11.1 Å². The normalized spacial score (nSPS) is 23.3. The van der Waals surface area contributed by atoms with Gasteiger partial charge in [-0.05, 0) is 37.2 Å². The Kier molecular flexibility index (Phi) is 5.05. The minimum Gasteiger partial charge on any atom is -0.389 e. The summed E-state index contributed by atoms with van der Waals surface area (Å²) in [6.45, 7) is 2.65. The summed E-state index contributed by atoms with van der Waals surface area (Å²) < 4.78 is 3.72. The van der Waals surface area contributed by atoms with Gasteiger partial charge in [-0.25, -0.2) is 0 Å². The lowest BCUT2D eigenvalue weighted by molar-refractivity contribution is -0.0312. The van der Waals surface area contributed by atoms with Crippen LogP contribution in [-0.4, -0.2) is 56.8 Å². The number of nitrogens with one attached hydrogen (secondary N) is 1. The second kappa shape index (κ2) is 7.02. The van der Waals surface area contributed by atoms with Gasteiger partial charge in [-0.15, -0.1) is 5.10 Å². The van der Waals surface area contributed by atoms with Crippen LogP contribution in [0.15, 0.2) is 5.38 Å². The highest BCUT2D eigenvalue weighted by Gasteiger charge is 2.32. The van der Waals surface area contributed by atoms with Crippen LogP contribution < -0.4 is 5.32 Å². The Hall–Kier alpha value is -1.05. The van der Waals surface area contributed by atoms with Gasteiger partial charge in [-0.2, -0.15) is 0 Å². The number of likely N-dealkylation sites (tertiary alicyclic amines) is 1. The summed E-state index contributed by atoms with van der Waals surface area (Å²) in [5.41, 5.74) is -0.0791. The summed E-state index contributed by atoms with van der Waals surface area (Å²) in [5.74, 6) is -0.127. The molecule has 1 aliphatic heterocycles. The molecule has 3 rings (SSSR count). The molecule has 1 saturated carbocycles. The van der Waals surface area contributed by atoms with Gasteiger partial charge in [0.1, 0.15) is 0 Å². The fourth-order valence-electron chi connectivity index (χ4n) is 3.54. The number of amides is 1. The van der Waals surface area contributed by atoms with Crippen molar-refractivity contribution >= 4 is 17.4 Å². The maximum Gasteiger partial charge on any atom is 0.272 e. The summed E-state index contributed by atoms with van der Waals surface area (Å²) in [4.78, 5) is 14.3. The largest absolute Gasteiger partial charge is 0.389 e. The van der Waals surface area contributed by atoms with Crippen LogP contribution >= 0.6 is 11.5 Å². The standard InChI is InChI=1S/C15H24N4O2S/c20-14(13-10-22-18-17-13)16-12-4-8-19(9-5-12)11-15(21)6-2-1-3-7-15/h10,12,21H,1-9,11H2,(H,16,20). The monoisotopic (exact) mass is 324 g/mol. The Balaban J connectivity index is 1.43. The van der Waals surface area contributed by atoms with Gasteiger partial charge in [0.25, 0.3) is 5.91 Å². The molecule has 2 heterocycles. The second-order valence-corrected chi connectivity index (χ2v) is 7.21. The first-order valence-corrected chi connectivity index (χ1v) is 9.01. The van der Waals surface area contributed by atoms with E-state index in [1.54, 1.807) is 5.38 Å². The molecule has 2 fully saturated rings. The van der Waals surface area contributed by atoms with Crippen LogP contribution in [0.1, 0.15) is 55.4 Å². The average Bonchev–Trinajstić information content (AvgIpc) is 3.04. The van der Waals surface area contributed by atoms with E-state index in [9.17, 15) is 9.90 Å². The Morgan fingerprint density at radius 2 is 2.09 bits per heavy atom. The maximum atomic E-state index is 12.0. The minimum absolute atomic E-state index is 0.127. The number of carbonyl (C=O) groups excluding carboxylic acids is 1. The number of hydrogen-bond acceptors (Lipinski definition) is 6. The number of nitrogens with zero attached hydrogens (tertiary/aromatic N) is 3. The van der Waals surface area contributed by atoms with Crippen LogP contribution in [-0.2, 0) is 0 Å². The summed E-state index contributed by atoms with van der Waals surface area (Å²) in [5, 5.41) is 19.1. The van der Waals surface area contributed by atoms with Gasteiger partial charge < -0.3 is 15.3 Å². The van der Waals surface area contributed by atoms with E-state index < -0.39 is 5.60 Å². The number of hydrogen-bond donors (Lipinski definition) is 2. The Morgan fingerprint density at radius 1 is 1.36 bits per heavy atom. The fourth-order valence-corrected chi connectivity index (χ4v) is 3.98. The third kappa shape index (κ3) is 4.02. The first-order valence-electron chi connectivity index (χ1n) is 8.17. The second-order valence-electron chi connectivity index (χ2n) is 6.60. The summed E-state index contributed by atoms with van der Waals surface area (Å²) >= 11 is 1.19. The van der Waals surface area contributed by atoms with E-state index in [4.69, 9.17) is 0 Å². The highest BCUT2D eigenvalue weighted by atomic mass is 32.1. The van der Waals surface area contributed by atoms with Gasteiger partial charge in [0.15, 0.2) is 5.69 Å². The van der Waals surface area contributed by atoms with Crippen molar-refractivity contribution in [1.29, 1.82) is 0 Å². The predicted molar refractivity (Wildman–Crippen MR) is 84.9 cm³/mol. The van der Waals surface area contributed by atoms with Crippen LogP contribution in [0.25, 0.3) is 0 Å². The predicted octanol–water partition coefficient (Wildman–Crippen LogP) is 1.43. The van der Waals surface area contributed by atoms with E-state index in [2.05, 4.69) is 19.8 Å². The Bertz CT molecular complexity index is 480. The summed E-state index contributed by atoms with van der Waals surface area (Å²) in [7, 11) is 0. The average molecular weight is 324 g/mol. The van der Waals surface area contributed by atoms with Gasteiger partial charge in [0, 0.05) is 31.1 Å². The quantitative estimate of drug-likeness (QED) is 0.876. The molecule has 0 atom stereocenters. The number of rotatable bonds is 4. The molecule has 1 saturated heterocycles. The molecule has 6 nitrogen and oxygen atoms in total. The molecule has 1 aromatic heterocycles. The molecule has 1 aromatic rings. The topological polar surface area (TPSA) is 78.4 Å². The third-order valence-corrected chi connectivity index (χ3v) is 5.32. The van der Waals surface area contributed by atoms with Crippen molar-refractivity contribution in [3.8, 4) is 0 Å². The smallest absolute Gasteiger partial charge is 0.272 e. The molecule has 0 spiro atoms. The van der Waals surface area contributed by atoms with E-state index >= 15 is 0 Å². The Labute approximate surface area is 135 Å². The van der Waals surface area contributed by atoms with Gasteiger partial charge in [0.05, 0.1) is 5.60 Å². The zero-order valence-electron chi connectivity index (χ0n) is 12.8. The van der Waals surface area contributed by atoms with Gasteiger partial charge in [0.2, 0.25) is 0 Å². The molecule has 0 aromatic carbocycles. The van der Waals surface area contributed by atoms with E-state index in [0.29, 0.717) is 5.69 Å². The van der Waals surface area contributed by atoms with Crippen LogP contribution in [0.2, 0.25) is 0 Å². The lowest BCUT2D eigenvalue weighted by Gasteiger charge is -2.40. The number of aromatic nitrogens is 2. The van der Waals surface area contributed by atoms with Crippen LogP contribution in [0.5, 0.6) is 0 Å². The van der Waals surface area contributed by atoms with Crippen molar-refractivity contribution in [1.82, 2.24) is 19.8 Å². The number of carbonyl (C=O) groups is 1. The molecule has 0 radical (unpaired) electrons. The van der Waals surface area contributed by atoms with Crippen LogP contribution in [0, 0.1) is 0 Å². The molecule has 22 heavy (non-hydrogen) atoms. The summed E-state index contributed by atoms with van der Waals surface area (Å²) in [6, 6.07) is 0.200. The molecule has 122 valence electrons. The molecule has 0 unspecified atom stereocenters. The molecule has 2 aliphatic rings. The van der Waals surface area contributed by atoms with E-state index in [0.717, 1.165) is 58.2 Å².